The fourth-order valence-electron chi connectivity index (χ4n) is 7.07. The molecule has 6 atom stereocenters. The van der Waals surface area contributed by atoms with Gasteiger partial charge < -0.3 is 39.9 Å². The molecular weight excluding hydrogens is 884 g/mol. The molecule has 388 valence electrons. The smallest absolute Gasteiger partial charge is 0.457 e. The summed E-state index contributed by atoms with van der Waals surface area (Å²) in [5, 5.41) is 50.3. The van der Waals surface area contributed by atoms with Crippen LogP contribution in [0.5, 0.6) is 0 Å². The van der Waals surface area contributed by atoms with E-state index < -0.39 is 63.1 Å². The van der Waals surface area contributed by atoms with E-state index in [9.17, 15) is 39.8 Å². The molecule has 1 aliphatic carbocycles. The lowest BCUT2D eigenvalue weighted by atomic mass is 9.85. The molecule has 6 N–H and O–H groups in total. The summed E-state index contributed by atoms with van der Waals surface area (Å²) >= 11 is 0. The lowest BCUT2D eigenvalue weighted by Crippen LogP contribution is -2.64. The standard InChI is InChI=1S/C55H91O12P/c1-3-5-7-9-11-13-15-17-19-21-23-25-26-28-30-32-34-36-38-40-42-44-49(56)66-48(47-65-68(62,63)67-55-53(60)51(58)50(57)52(59)54(55)61)46-64-45-43-41-39-37-35-33-31-29-27-24-22-20-18-16-14-12-10-8-6-4-2/h5,7,11-14,17-20,23-25,27-28,30,34,36,48,50-55,57-61H,3-4,6,8-10,15-16,21-22,26,29,31-33,35,37-47H2,1-2H3,(H,62,63)/b7-5-,13-11-,14-12-,19-17-,20-18-,25-23-,27-24-,30-28-,36-34-. The van der Waals surface area contributed by atoms with Gasteiger partial charge in [0.25, 0.3) is 0 Å². The van der Waals surface area contributed by atoms with Crippen LogP contribution in [0, 0.1) is 0 Å². The molecular formula is C55H91O12P. The number of aliphatic hydroxyl groups is 5. The third-order valence-corrected chi connectivity index (χ3v) is 12.1. The van der Waals surface area contributed by atoms with Crippen LogP contribution in [0.2, 0.25) is 0 Å². The molecule has 12 nitrogen and oxygen atoms in total. The predicted octanol–water partition coefficient (Wildman–Crippen LogP) is 11.6. The first-order chi connectivity index (χ1) is 33.0. The van der Waals surface area contributed by atoms with Gasteiger partial charge in [0.15, 0.2) is 0 Å². The Morgan fingerprint density at radius 1 is 0.485 bits per heavy atom. The van der Waals surface area contributed by atoms with Gasteiger partial charge >= 0.3 is 13.8 Å². The van der Waals surface area contributed by atoms with Crippen LogP contribution in [0.3, 0.4) is 0 Å². The molecule has 0 aromatic rings. The number of ether oxygens (including phenoxy) is 2. The summed E-state index contributed by atoms with van der Waals surface area (Å²) < 4.78 is 34.2. The highest BCUT2D eigenvalue weighted by molar-refractivity contribution is 7.47. The number of carbonyl (C=O) groups excluding carboxylic acids is 1. The van der Waals surface area contributed by atoms with Crippen molar-refractivity contribution in [3.05, 3.63) is 109 Å². The van der Waals surface area contributed by atoms with Crippen LogP contribution in [0.4, 0.5) is 0 Å². The minimum atomic E-state index is -5.05. The van der Waals surface area contributed by atoms with Gasteiger partial charge in [0.05, 0.1) is 13.2 Å². The zero-order valence-electron chi connectivity index (χ0n) is 41.6. The maximum atomic E-state index is 12.9. The van der Waals surface area contributed by atoms with E-state index in [1.165, 1.54) is 44.9 Å². The first-order valence-corrected chi connectivity index (χ1v) is 27.2. The average molecular weight is 975 g/mol. The first kappa shape index (κ1) is 63.0. The first-order valence-electron chi connectivity index (χ1n) is 25.7. The van der Waals surface area contributed by atoms with Gasteiger partial charge in [-0.2, -0.15) is 0 Å². The number of rotatable bonds is 42. The van der Waals surface area contributed by atoms with Crippen molar-refractivity contribution in [2.24, 2.45) is 0 Å². The molecule has 0 aromatic heterocycles. The Bertz CT molecular complexity index is 1530. The lowest BCUT2D eigenvalue weighted by Gasteiger charge is -2.41. The zero-order valence-corrected chi connectivity index (χ0v) is 42.5. The Morgan fingerprint density at radius 2 is 0.868 bits per heavy atom. The molecule has 0 amide bonds. The minimum Gasteiger partial charge on any atom is -0.457 e. The lowest BCUT2D eigenvalue weighted by molar-refractivity contribution is -0.220. The molecule has 1 fully saturated rings. The maximum absolute atomic E-state index is 12.9. The predicted molar refractivity (Wildman–Crippen MR) is 276 cm³/mol. The fraction of sp³-hybridized carbons (Fsp3) is 0.655. The van der Waals surface area contributed by atoms with Gasteiger partial charge in [0.2, 0.25) is 0 Å². The summed E-state index contributed by atoms with van der Waals surface area (Å²) in [6, 6.07) is 0. The van der Waals surface area contributed by atoms with Gasteiger partial charge in [-0.15, -0.1) is 0 Å². The highest BCUT2D eigenvalue weighted by atomic mass is 31.2. The molecule has 1 saturated carbocycles. The van der Waals surface area contributed by atoms with Crippen LogP contribution in [-0.4, -0.2) is 98.9 Å². The van der Waals surface area contributed by atoms with Crippen LogP contribution in [-0.2, 0) is 27.9 Å². The Balaban J connectivity index is 2.41. The highest BCUT2D eigenvalue weighted by Crippen LogP contribution is 2.47. The molecule has 0 spiro atoms. The third-order valence-electron chi connectivity index (χ3n) is 11.1. The maximum Gasteiger partial charge on any atom is 0.472 e. The van der Waals surface area contributed by atoms with E-state index in [2.05, 4.69) is 123 Å². The van der Waals surface area contributed by atoms with Crippen molar-refractivity contribution < 1.29 is 58.3 Å². The van der Waals surface area contributed by atoms with E-state index in [-0.39, 0.29) is 13.0 Å². The van der Waals surface area contributed by atoms with Crippen molar-refractivity contribution in [1.29, 1.82) is 0 Å². The monoisotopic (exact) mass is 975 g/mol. The van der Waals surface area contributed by atoms with Crippen LogP contribution in [0.25, 0.3) is 0 Å². The number of phosphoric ester groups is 1. The third kappa shape index (κ3) is 35.2. The molecule has 13 heteroatoms. The summed E-state index contributed by atoms with van der Waals surface area (Å²) in [6.07, 6.45) is 50.0. The van der Waals surface area contributed by atoms with Crippen molar-refractivity contribution >= 4 is 13.8 Å². The van der Waals surface area contributed by atoms with Crippen LogP contribution in [0.15, 0.2) is 109 Å². The second-order valence-corrected chi connectivity index (χ2v) is 18.7. The van der Waals surface area contributed by atoms with Gasteiger partial charge in [0, 0.05) is 13.0 Å². The van der Waals surface area contributed by atoms with E-state index in [1.807, 2.05) is 0 Å². The Hall–Kier alpha value is -3.00. The number of allylic oxidation sites excluding steroid dienone is 18. The SMILES string of the molecule is CC/C=C\C/C=C\C/C=C\C/C=C\C/C=C\C/C=C\CCCCC(=O)OC(COCCCCCCCCC/C=C\C/C=C\C/C=C\CCCCC)COP(=O)(O)OC1C(O)C(O)C(O)C(O)C1O. The molecule has 68 heavy (non-hydrogen) atoms. The van der Waals surface area contributed by atoms with Crippen LogP contribution >= 0.6 is 7.82 Å². The van der Waals surface area contributed by atoms with Gasteiger partial charge in [0.1, 0.15) is 42.7 Å². The summed E-state index contributed by atoms with van der Waals surface area (Å²) in [5.41, 5.74) is 0. The quantitative estimate of drug-likeness (QED) is 0.0147. The van der Waals surface area contributed by atoms with Crippen molar-refractivity contribution in [3.63, 3.8) is 0 Å². The summed E-state index contributed by atoms with van der Waals surface area (Å²) in [6.45, 7) is 4.04. The van der Waals surface area contributed by atoms with Crippen LogP contribution in [0.1, 0.15) is 168 Å². The molecule has 6 unspecified atom stereocenters. The topological polar surface area (TPSA) is 192 Å². The molecule has 0 radical (unpaired) electrons. The van der Waals surface area contributed by atoms with Crippen molar-refractivity contribution in [1.82, 2.24) is 0 Å². The number of hydrogen-bond donors (Lipinski definition) is 6. The van der Waals surface area contributed by atoms with Gasteiger partial charge in [-0.3, -0.25) is 13.8 Å². The minimum absolute atomic E-state index is 0.109. The molecule has 1 rings (SSSR count). The Kier molecular flexibility index (Phi) is 40.8. The van der Waals surface area contributed by atoms with Gasteiger partial charge in [-0.1, -0.05) is 168 Å². The van der Waals surface area contributed by atoms with E-state index in [4.69, 9.17) is 18.5 Å². The normalized spacial score (nSPS) is 22.1. The zero-order chi connectivity index (χ0) is 49.8. The Labute approximate surface area is 410 Å². The summed E-state index contributed by atoms with van der Waals surface area (Å²) in [5.74, 6) is -0.527. The van der Waals surface area contributed by atoms with E-state index in [1.54, 1.807) is 0 Å². The number of hydrogen-bond acceptors (Lipinski definition) is 11. The molecule has 0 aliphatic heterocycles. The highest BCUT2D eigenvalue weighted by Gasteiger charge is 2.51. The fourth-order valence-corrected chi connectivity index (χ4v) is 8.04. The molecule has 0 heterocycles. The number of aliphatic hydroxyl groups excluding tert-OH is 5. The number of unbranched alkanes of at least 4 members (excludes halogenated alkanes) is 12. The largest absolute Gasteiger partial charge is 0.472 e. The number of carbonyl (C=O) groups is 1. The van der Waals surface area contributed by atoms with E-state index in [0.717, 1.165) is 96.3 Å². The average Bonchev–Trinajstić information content (AvgIpc) is 3.32. The van der Waals surface area contributed by atoms with Crippen LogP contribution < -0.4 is 0 Å². The van der Waals surface area contributed by atoms with Gasteiger partial charge in [-0.25, -0.2) is 4.57 Å². The van der Waals surface area contributed by atoms with Gasteiger partial charge in [-0.05, 0) is 103 Å². The molecule has 0 aromatic carbocycles. The van der Waals surface area contributed by atoms with E-state index >= 15 is 0 Å². The summed E-state index contributed by atoms with van der Waals surface area (Å²) in [7, 11) is -5.05. The molecule has 0 bridgehead atoms. The Morgan fingerprint density at radius 3 is 1.32 bits per heavy atom. The van der Waals surface area contributed by atoms with E-state index in [0.29, 0.717) is 13.0 Å². The second kappa shape index (κ2) is 44.0. The molecule has 1 aliphatic rings. The van der Waals surface area contributed by atoms with Crippen molar-refractivity contribution in [3.8, 4) is 0 Å². The van der Waals surface area contributed by atoms with Crippen molar-refractivity contribution in [2.75, 3.05) is 19.8 Å². The second-order valence-electron chi connectivity index (χ2n) is 17.3. The van der Waals surface area contributed by atoms with Crippen molar-refractivity contribution in [2.45, 2.75) is 211 Å². The molecule has 0 saturated heterocycles. The number of esters is 1. The number of phosphoric acid groups is 1. The summed E-state index contributed by atoms with van der Waals surface area (Å²) in [4.78, 5) is 23.2.